The molecular weight excluding hydrogens is 250 g/mol. The molecule has 4 fully saturated rings. The van der Waals surface area contributed by atoms with Crippen molar-refractivity contribution in [1.29, 1.82) is 0 Å². The minimum Gasteiger partial charge on any atom is -0.390 e. The van der Waals surface area contributed by atoms with Crippen molar-refractivity contribution in [2.75, 3.05) is 0 Å². The van der Waals surface area contributed by atoms with Crippen molar-refractivity contribution in [2.24, 2.45) is 23.2 Å². The van der Waals surface area contributed by atoms with Gasteiger partial charge in [0.05, 0.1) is 5.60 Å². The number of hydrogen-bond acceptors (Lipinski definition) is 2. The molecule has 0 aromatic heterocycles. The van der Waals surface area contributed by atoms with Crippen LogP contribution in [0, 0.1) is 23.2 Å². The van der Waals surface area contributed by atoms with Crippen LogP contribution >= 0.6 is 0 Å². The lowest BCUT2D eigenvalue weighted by Crippen LogP contribution is -2.56. The van der Waals surface area contributed by atoms with E-state index in [0.717, 1.165) is 32.1 Å². The molecule has 0 spiro atoms. The van der Waals surface area contributed by atoms with Crippen LogP contribution < -0.4 is 5.32 Å². The Morgan fingerprint density at radius 3 is 2.30 bits per heavy atom. The fourth-order valence-corrected chi connectivity index (χ4v) is 5.42. The first-order valence-corrected chi connectivity index (χ1v) is 8.31. The Morgan fingerprint density at radius 2 is 1.80 bits per heavy atom. The monoisotopic (exact) mass is 279 g/mol. The van der Waals surface area contributed by atoms with Crippen LogP contribution in [0.3, 0.4) is 0 Å². The number of nitrogens with one attached hydrogen (secondary N) is 1. The fourth-order valence-electron chi connectivity index (χ4n) is 5.42. The molecule has 0 aliphatic heterocycles. The molecule has 4 bridgehead atoms. The molecule has 4 rings (SSSR count). The predicted molar refractivity (Wildman–Crippen MR) is 79.1 cm³/mol. The second kappa shape index (κ2) is 4.72. The van der Waals surface area contributed by atoms with Crippen molar-refractivity contribution < 1.29 is 9.90 Å². The summed E-state index contributed by atoms with van der Waals surface area (Å²) >= 11 is 0. The van der Waals surface area contributed by atoms with E-state index in [9.17, 15) is 9.90 Å². The van der Waals surface area contributed by atoms with E-state index in [1.165, 1.54) is 6.42 Å². The van der Waals surface area contributed by atoms with Gasteiger partial charge in [-0.1, -0.05) is 13.8 Å². The quantitative estimate of drug-likeness (QED) is 0.831. The van der Waals surface area contributed by atoms with Crippen molar-refractivity contribution in [1.82, 2.24) is 5.32 Å². The SMILES string of the molecule is CC(C)[C@@H](C)NC(=O)CC12C[C@H]3C[C@@H](CC(O)(C3)C1)C2. The van der Waals surface area contributed by atoms with Gasteiger partial charge in [0.25, 0.3) is 0 Å². The molecule has 0 heterocycles. The molecule has 0 aromatic carbocycles. The number of rotatable bonds is 4. The van der Waals surface area contributed by atoms with Gasteiger partial charge in [-0.2, -0.15) is 0 Å². The maximum absolute atomic E-state index is 12.4. The number of amides is 1. The number of aliphatic hydroxyl groups is 1. The molecule has 3 heteroatoms. The molecule has 3 nitrogen and oxygen atoms in total. The Hall–Kier alpha value is -0.570. The molecule has 2 N–H and O–H groups in total. The van der Waals surface area contributed by atoms with Crippen LogP contribution in [0.15, 0.2) is 0 Å². The summed E-state index contributed by atoms with van der Waals surface area (Å²) in [5.74, 6) is 1.99. The normalized spacial score (nSPS) is 43.9. The standard InChI is InChI=1S/C17H29NO2/c1-11(2)12(3)18-15(19)9-16-5-13-4-14(6-16)8-17(20,7-13)10-16/h11-14,20H,4-10H2,1-3H3,(H,18,19)/t12-,13-,14-,16?,17?/m1/s1. The number of hydrogen-bond donors (Lipinski definition) is 2. The van der Waals surface area contributed by atoms with E-state index in [4.69, 9.17) is 0 Å². The molecule has 0 radical (unpaired) electrons. The third-order valence-electron chi connectivity index (χ3n) is 6.08. The van der Waals surface area contributed by atoms with Crippen molar-refractivity contribution in [3.8, 4) is 0 Å². The van der Waals surface area contributed by atoms with Crippen LogP contribution in [0.5, 0.6) is 0 Å². The first kappa shape index (κ1) is 14.4. The van der Waals surface area contributed by atoms with Crippen LogP contribution in [-0.4, -0.2) is 22.7 Å². The summed E-state index contributed by atoms with van der Waals surface area (Å²) in [5, 5.41) is 13.9. The minimum absolute atomic E-state index is 0.0968. The molecular formula is C17H29NO2. The zero-order valence-electron chi connectivity index (χ0n) is 13.1. The van der Waals surface area contributed by atoms with E-state index in [-0.39, 0.29) is 17.4 Å². The molecule has 4 saturated carbocycles. The molecule has 4 aliphatic rings. The second-order valence-corrected chi connectivity index (χ2v) is 8.46. The van der Waals surface area contributed by atoms with Gasteiger partial charge in [-0.25, -0.2) is 0 Å². The minimum atomic E-state index is -0.450. The zero-order valence-corrected chi connectivity index (χ0v) is 13.1. The smallest absolute Gasteiger partial charge is 0.220 e. The predicted octanol–water partition coefficient (Wildman–Crippen LogP) is 2.87. The maximum atomic E-state index is 12.4. The van der Waals surface area contributed by atoms with Crippen molar-refractivity contribution in [3.05, 3.63) is 0 Å². The van der Waals surface area contributed by atoms with Gasteiger partial charge in [0.1, 0.15) is 0 Å². The Bertz CT molecular complexity index is 390. The third-order valence-corrected chi connectivity index (χ3v) is 6.08. The van der Waals surface area contributed by atoms with Gasteiger partial charge in [0, 0.05) is 12.5 Å². The topological polar surface area (TPSA) is 49.3 Å². The van der Waals surface area contributed by atoms with E-state index in [0.29, 0.717) is 24.2 Å². The number of carbonyl (C=O) groups excluding carboxylic acids is 1. The summed E-state index contributed by atoms with van der Waals surface area (Å²) in [6.45, 7) is 6.35. The van der Waals surface area contributed by atoms with Gasteiger partial charge in [0.15, 0.2) is 0 Å². The van der Waals surface area contributed by atoms with Gasteiger partial charge in [0.2, 0.25) is 5.91 Å². The highest BCUT2D eigenvalue weighted by Crippen LogP contribution is 2.62. The van der Waals surface area contributed by atoms with Crippen LogP contribution in [0.1, 0.15) is 65.7 Å². The van der Waals surface area contributed by atoms with E-state index in [1.54, 1.807) is 0 Å². The Labute approximate surface area is 122 Å². The molecule has 0 unspecified atom stereocenters. The lowest BCUT2D eigenvalue weighted by atomic mass is 9.47. The molecule has 114 valence electrons. The van der Waals surface area contributed by atoms with E-state index < -0.39 is 5.60 Å². The molecule has 3 atom stereocenters. The second-order valence-electron chi connectivity index (χ2n) is 8.46. The Balaban J connectivity index is 1.66. The van der Waals surface area contributed by atoms with Gasteiger partial charge >= 0.3 is 0 Å². The Kier molecular flexibility index (Phi) is 3.39. The summed E-state index contributed by atoms with van der Waals surface area (Å²) in [5.41, 5.74) is -0.354. The maximum Gasteiger partial charge on any atom is 0.220 e. The molecule has 4 aliphatic carbocycles. The zero-order chi connectivity index (χ0) is 14.5. The molecule has 0 saturated heterocycles. The molecule has 1 amide bonds. The van der Waals surface area contributed by atoms with Gasteiger partial charge in [-0.05, 0) is 68.6 Å². The number of carbonyl (C=O) groups is 1. The highest BCUT2D eigenvalue weighted by atomic mass is 16.3. The summed E-state index contributed by atoms with van der Waals surface area (Å²) in [4.78, 5) is 12.4. The van der Waals surface area contributed by atoms with Crippen molar-refractivity contribution in [2.45, 2.75) is 77.4 Å². The largest absolute Gasteiger partial charge is 0.390 e. The summed E-state index contributed by atoms with van der Waals surface area (Å²) in [7, 11) is 0. The van der Waals surface area contributed by atoms with Gasteiger partial charge in [-0.3, -0.25) is 4.79 Å². The van der Waals surface area contributed by atoms with Crippen LogP contribution in [0.4, 0.5) is 0 Å². The van der Waals surface area contributed by atoms with E-state index in [1.807, 2.05) is 0 Å². The first-order valence-electron chi connectivity index (χ1n) is 8.31. The molecule has 0 aromatic rings. The van der Waals surface area contributed by atoms with Crippen molar-refractivity contribution >= 4 is 5.91 Å². The highest BCUT2D eigenvalue weighted by Gasteiger charge is 2.57. The lowest BCUT2D eigenvalue weighted by Gasteiger charge is -2.60. The van der Waals surface area contributed by atoms with Crippen molar-refractivity contribution in [3.63, 3.8) is 0 Å². The fraction of sp³-hybridized carbons (Fsp3) is 0.941. The van der Waals surface area contributed by atoms with Crippen LogP contribution in [0.25, 0.3) is 0 Å². The van der Waals surface area contributed by atoms with Crippen LogP contribution in [-0.2, 0) is 4.79 Å². The van der Waals surface area contributed by atoms with Gasteiger partial charge < -0.3 is 10.4 Å². The summed E-state index contributed by atoms with van der Waals surface area (Å²) in [6.07, 6.45) is 7.05. The van der Waals surface area contributed by atoms with E-state index >= 15 is 0 Å². The average Bonchev–Trinajstić information content (AvgIpc) is 2.23. The summed E-state index contributed by atoms with van der Waals surface area (Å²) < 4.78 is 0. The highest BCUT2D eigenvalue weighted by molar-refractivity contribution is 5.77. The lowest BCUT2D eigenvalue weighted by molar-refractivity contribution is -0.169. The average molecular weight is 279 g/mol. The first-order chi connectivity index (χ1) is 9.29. The third kappa shape index (κ3) is 2.61. The molecule has 20 heavy (non-hydrogen) atoms. The summed E-state index contributed by atoms with van der Waals surface area (Å²) in [6, 6.07) is 0.236. The van der Waals surface area contributed by atoms with Gasteiger partial charge in [-0.15, -0.1) is 0 Å². The Morgan fingerprint density at radius 1 is 1.20 bits per heavy atom. The van der Waals surface area contributed by atoms with Crippen LogP contribution in [0.2, 0.25) is 0 Å². The van der Waals surface area contributed by atoms with E-state index in [2.05, 4.69) is 26.1 Å².